The van der Waals surface area contributed by atoms with Crippen LogP contribution < -0.4 is 4.74 Å². The SMILES string of the molecule is CC(=O)Oc1cccc(C(=O)c2ccc([N+](=O)[O-])cc2)c1. The van der Waals surface area contributed by atoms with Gasteiger partial charge in [-0.1, -0.05) is 12.1 Å². The smallest absolute Gasteiger partial charge is 0.308 e. The van der Waals surface area contributed by atoms with Crippen LogP contribution in [-0.4, -0.2) is 16.7 Å². The Bertz CT molecular complexity index is 706. The summed E-state index contributed by atoms with van der Waals surface area (Å²) in [5, 5.41) is 10.6. The highest BCUT2D eigenvalue weighted by Crippen LogP contribution is 2.19. The normalized spacial score (nSPS) is 9.95. The van der Waals surface area contributed by atoms with Crippen molar-refractivity contribution in [3.8, 4) is 5.75 Å². The van der Waals surface area contributed by atoms with Gasteiger partial charge in [0.1, 0.15) is 5.75 Å². The highest BCUT2D eigenvalue weighted by atomic mass is 16.6. The minimum Gasteiger partial charge on any atom is -0.427 e. The summed E-state index contributed by atoms with van der Waals surface area (Å²) in [7, 11) is 0. The molecule has 21 heavy (non-hydrogen) atoms. The van der Waals surface area contributed by atoms with Crippen LogP contribution in [0.1, 0.15) is 22.8 Å². The number of hydrogen-bond acceptors (Lipinski definition) is 5. The third kappa shape index (κ3) is 3.50. The molecule has 0 heterocycles. The van der Waals surface area contributed by atoms with Crippen LogP contribution in [-0.2, 0) is 4.79 Å². The maximum absolute atomic E-state index is 12.3. The molecule has 0 atom stereocenters. The van der Waals surface area contributed by atoms with Crippen LogP contribution in [0.15, 0.2) is 48.5 Å². The Morgan fingerprint density at radius 3 is 2.29 bits per heavy atom. The topological polar surface area (TPSA) is 86.5 Å². The van der Waals surface area contributed by atoms with Gasteiger partial charge in [0, 0.05) is 30.2 Å². The number of nitrogens with zero attached hydrogens (tertiary/aromatic N) is 1. The van der Waals surface area contributed by atoms with Gasteiger partial charge in [-0.25, -0.2) is 0 Å². The number of hydrogen-bond donors (Lipinski definition) is 0. The number of nitro groups is 1. The van der Waals surface area contributed by atoms with Gasteiger partial charge in [-0.3, -0.25) is 19.7 Å². The standard InChI is InChI=1S/C15H11NO5/c1-10(17)21-14-4-2-3-12(9-14)15(18)11-5-7-13(8-6-11)16(19)20/h2-9H,1H3. The minimum absolute atomic E-state index is 0.0831. The molecule has 0 radical (unpaired) electrons. The van der Waals surface area contributed by atoms with Gasteiger partial charge in [0.05, 0.1) is 4.92 Å². The molecule has 0 unspecified atom stereocenters. The molecule has 6 heteroatoms. The number of benzene rings is 2. The number of ketones is 1. The molecule has 2 aromatic rings. The van der Waals surface area contributed by atoms with Gasteiger partial charge < -0.3 is 4.74 Å². The van der Waals surface area contributed by atoms with E-state index in [1.165, 1.54) is 37.3 Å². The number of non-ortho nitro benzene ring substituents is 1. The Hall–Kier alpha value is -3.02. The first-order valence-electron chi connectivity index (χ1n) is 6.05. The molecular formula is C15H11NO5. The monoisotopic (exact) mass is 285 g/mol. The number of esters is 1. The molecule has 0 fully saturated rings. The van der Waals surface area contributed by atoms with E-state index >= 15 is 0 Å². The lowest BCUT2D eigenvalue weighted by Crippen LogP contribution is -2.04. The molecule has 2 rings (SSSR count). The van der Waals surface area contributed by atoms with Crippen molar-refractivity contribution >= 4 is 17.4 Å². The van der Waals surface area contributed by atoms with Crippen molar-refractivity contribution in [2.75, 3.05) is 0 Å². The van der Waals surface area contributed by atoms with E-state index in [1.807, 2.05) is 0 Å². The van der Waals surface area contributed by atoms with E-state index in [4.69, 9.17) is 4.74 Å². The molecule has 0 saturated heterocycles. The van der Waals surface area contributed by atoms with E-state index < -0.39 is 10.9 Å². The second-order valence-corrected chi connectivity index (χ2v) is 4.25. The van der Waals surface area contributed by atoms with Gasteiger partial charge in [-0.05, 0) is 24.3 Å². The predicted molar refractivity (Wildman–Crippen MR) is 74.3 cm³/mol. The summed E-state index contributed by atoms with van der Waals surface area (Å²) in [5.41, 5.74) is 0.573. The summed E-state index contributed by atoms with van der Waals surface area (Å²) < 4.78 is 4.91. The van der Waals surface area contributed by atoms with Gasteiger partial charge in [0.15, 0.2) is 5.78 Å². The Kier molecular flexibility index (Phi) is 4.08. The number of rotatable bonds is 4. The summed E-state index contributed by atoms with van der Waals surface area (Å²) in [5.74, 6) is -0.510. The first kappa shape index (κ1) is 14.4. The van der Waals surface area contributed by atoms with Gasteiger partial charge in [0.2, 0.25) is 0 Å². The van der Waals surface area contributed by atoms with Crippen LogP contribution in [0.3, 0.4) is 0 Å². The lowest BCUT2D eigenvalue weighted by atomic mass is 10.0. The molecule has 0 saturated carbocycles. The maximum atomic E-state index is 12.3. The molecule has 0 aliphatic heterocycles. The van der Waals surface area contributed by atoms with Gasteiger partial charge in [-0.2, -0.15) is 0 Å². The van der Waals surface area contributed by atoms with Crippen molar-refractivity contribution in [3.63, 3.8) is 0 Å². The molecule has 0 spiro atoms. The Morgan fingerprint density at radius 2 is 1.71 bits per heavy atom. The summed E-state index contributed by atoms with van der Waals surface area (Å²) in [6.07, 6.45) is 0. The molecule has 2 aromatic carbocycles. The zero-order valence-electron chi connectivity index (χ0n) is 11.1. The van der Waals surface area contributed by atoms with Crippen LogP contribution in [0.25, 0.3) is 0 Å². The summed E-state index contributed by atoms with van der Waals surface area (Å²) in [6, 6.07) is 11.5. The second-order valence-electron chi connectivity index (χ2n) is 4.25. The Morgan fingerprint density at radius 1 is 1.05 bits per heavy atom. The van der Waals surface area contributed by atoms with Gasteiger partial charge >= 0.3 is 5.97 Å². The second kappa shape index (κ2) is 5.96. The van der Waals surface area contributed by atoms with Gasteiger partial charge in [0.25, 0.3) is 5.69 Å². The highest BCUT2D eigenvalue weighted by Gasteiger charge is 2.12. The molecule has 0 aliphatic rings. The third-order valence-electron chi connectivity index (χ3n) is 2.70. The van der Waals surface area contributed by atoms with E-state index in [9.17, 15) is 19.7 Å². The average molecular weight is 285 g/mol. The molecule has 6 nitrogen and oxygen atoms in total. The molecule has 0 N–H and O–H groups in total. The fraction of sp³-hybridized carbons (Fsp3) is 0.0667. The lowest BCUT2D eigenvalue weighted by Gasteiger charge is -2.04. The summed E-state index contributed by atoms with van der Waals surface area (Å²) in [6.45, 7) is 1.27. The van der Waals surface area contributed by atoms with Gasteiger partial charge in [-0.15, -0.1) is 0 Å². The Balaban J connectivity index is 2.27. The quantitative estimate of drug-likeness (QED) is 0.283. The van der Waals surface area contributed by atoms with Crippen molar-refractivity contribution in [1.29, 1.82) is 0 Å². The maximum Gasteiger partial charge on any atom is 0.308 e. The number of ether oxygens (including phenoxy) is 1. The van der Waals surface area contributed by atoms with Crippen molar-refractivity contribution in [2.45, 2.75) is 6.92 Å². The van der Waals surface area contributed by atoms with Crippen molar-refractivity contribution in [2.24, 2.45) is 0 Å². The lowest BCUT2D eigenvalue weighted by molar-refractivity contribution is -0.384. The molecule has 106 valence electrons. The molecule has 0 bridgehead atoms. The average Bonchev–Trinajstić information content (AvgIpc) is 2.46. The molecular weight excluding hydrogens is 274 g/mol. The first-order chi connectivity index (χ1) is 9.97. The number of carbonyl (C=O) groups is 2. The highest BCUT2D eigenvalue weighted by molar-refractivity contribution is 6.09. The van der Waals surface area contributed by atoms with E-state index in [1.54, 1.807) is 18.2 Å². The van der Waals surface area contributed by atoms with Crippen LogP contribution >= 0.6 is 0 Å². The first-order valence-corrected chi connectivity index (χ1v) is 6.05. The molecule has 0 aromatic heterocycles. The van der Waals surface area contributed by atoms with Crippen LogP contribution in [0, 0.1) is 10.1 Å². The van der Waals surface area contributed by atoms with Crippen LogP contribution in [0.5, 0.6) is 5.75 Å². The molecule has 0 amide bonds. The number of nitro benzene ring substituents is 1. The van der Waals surface area contributed by atoms with E-state index in [0.29, 0.717) is 11.1 Å². The fourth-order valence-electron chi connectivity index (χ4n) is 1.77. The zero-order chi connectivity index (χ0) is 15.4. The third-order valence-corrected chi connectivity index (χ3v) is 2.70. The largest absolute Gasteiger partial charge is 0.427 e. The van der Waals surface area contributed by atoms with Crippen LogP contribution in [0.2, 0.25) is 0 Å². The number of carbonyl (C=O) groups excluding carboxylic acids is 2. The zero-order valence-corrected chi connectivity index (χ0v) is 11.1. The van der Waals surface area contributed by atoms with Crippen LogP contribution in [0.4, 0.5) is 5.69 Å². The molecule has 0 aliphatic carbocycles. The summed E-state index contributed by atoms with van der Waals surface area (Å²) >= 11 is 0. The minimum atomic E-state index is -0.532. The van der Waals surface area contributed by atoms with Crippen molar-refractivity contribution in [3.05, 3.63) is 69.8 Å². The van der Waals surface area contributed by atoms with E-state index in [0.717, 1.165) is 0 Å². The van der Waals surface area contributed by atoms with Crippen molar-refractivity contribution in [1.82, 2.24) is 0 Å². The van der Waals surface area contributed by atoms with E-state index in [-0.39, 0.29) is 17.2 Å². The van der Waals surface area contributed by atoms with E-state index in [2.05, 4.69) is 0 Å². The predicted octanol–water partition coefficient (Wildman–Crippen LogP) is 2.75. The fourth-order valence-corrected chi connectivity index (χ4v) is 1.77. The summed E-state index contributed by atoms with van der Waals surface area (Å²) in [4.78, 5) is 33.2. The van der Waals surface area contributed by atoms with Crippen molar-refractivity contribution < 1.29 is 19.2 Å². The Labute approximate surface area is 120 Å².